The molecule has 6 heteroatoms. The first-order valence-electron chi connectivity index (χ1n) is 6.91. The lowest BCUT2D eigenvalue weighted by Crippen LogP contribution is -2.13. The molecule has 0 aliphatic carbocycles. The number of hydrogen-bond acceptors (Lipinski definition) is 4. The Morgan fingerprint density at radius 1 is 1.23 bits per heavy atom. The zero-order chi connectivity index (χ0) is 15.5. The monoisotopic (exact) mass is 295 g/mol. The Balaban J connectivity index is 1.75. The molecule has 0 radical (unpaired) electrons. The highest BCUT2D eigenvalue weighted by Gasteiger charge is 2.06. The first-order chi connectivity index (χ1) is 10.7. The molecule has 1 heterocycles. The number of nitrogens with one attached hydrogen (secondary N) is 1. The van der Waals surface area contributed by atoms with Crippen molar-refractivity contribution in [3.8, 4) is 0 Å². The van der Waals surface area contributed by atoms with Crippen LogP contribution >= 0.6 is 0 Å². The van der Waals surface area contributed by atoms with Gasteiger partial charge in [0.25, 0.3) is 0 Å². The molecule has 0 unspecified atom stereocenters. The summed E-state index contributed by atoms with van der Waals surface area (Å²) in [4.78, 5) is 4.61. The quantitative estimate of drug-likeness (QED) is 0.298. The van der Waals surface area contributed by atoms with Gasteiger partial charge < -0.3 is 20.8 Å². The second-order valence-corrected chi connectivity index (χ2v) is 4.99. The third-order valence-electron chi connectivity index (χ3n) is 3.62. The van der Waals surface area contributed by atoms with Gasteiger partial charge in [-0.25, -0.2) is 4.98 Å². The predicted octanol–water partition coefficient (Wildman–Crippen LogP) is 2.28. The molecule has 0 bridgehead atoms. The Labute approximate surface area is 127 Å². The average molecular weight is 295 g/mol. The van der Waals surface area contributed by atoms with Crippen molar-refractivity contribution in [2.45, 2.75) is 6.54 Å². The molecule has 0 atom stereocenters. The van der Waals surface area contributed by atoms with Crippen molar-refractivity contribution in [2.75, 3.05) is 5.32 Å². The van der Waals surface area contributed by atoms with Crippen molar-refractivity contribution in [2.24, 2.45) is 17.9 Å². The maximum absolute atomic E-state index is 8.65. The summed E-state index contributed by atoms with van der Waals surface area (Å²) in [6.07, 6.45) is 0. The van der Waals surface area contributed by atoms with Crippen LogP contribution in [0.5, 0.6) is 0 Å². The zero-order valence-electron chi connectivity index (χ0n) is 12.2. The number of nitrogens with zero attached hydrogens (tertiary/aromatic N) is 3. The Hall–Kier alpha value is -3.02. The van der Waals surface area contributed by atoms with Gasteiger partial charge in [0.15, 0.2) is 5.84 Å². The van der Waals surface area contributed by atoms with Crippen molar-refractivity contribution >= 4 is 22.6 Å². The lowest BCUT2D eigenvalue weighted by Gasteiger charge is -2.07. The molecule has 6 nitrogen and oxygen atoms in total. The normalized spacial score (nSPS) is 11.8. The van der Waals surface area contributed by atoms with E-state index in [4.69, 9.17) is 10.9 Å². The minimum atomic E-state index is 0.0990. The molecule has 0 amide bonds. The Morgan fingerprint density at radius 2 is 1.95 bits per heavy atom. The van der Waals surface area contributed by atoms with E-state index in [0.29, 0.717) is 12.1 Å². The van der Waals surface area contributed by atoms with Crippen LogP contribution in [0, 0.1) is 0 Å². The van der Waals surface area contributed by atoms with Gasteiger partial charge in [-0.05, 0) is 36.4 Å². The number of oxime groups is 1. The Bertz CT molecular complexity index is 820. The van der Waals surface area contributed by atoms with E-state index in [9.17, 15) is 0 Å². The summed E-state index contributed by atoms with van der Waals surface area (Å²) in [6, 6.07) is 15.4. The van der Waals surface area contributed by atoms with Gasteiger partial charge in [-0.1, -0.05) is 17.3 Å². The van der Waals surface area contributed by atoms with Gasteiger partial charge in [-0.3, -0.25) is 0 Å². The molecule has 0 saturated heterocycles. The number of imidazole rings is 1. The van der Waals surface area contributed by atoms with Gasteiger partial charge in [0.1, 0.15) is 5.82 Å². The van der Waals surface area contributed by atoms with Crippen LogP contribution in [0.25, 0.3) is 11.0 Å². The summed E-state index contributed by atoms with van der Waals surface area (Å²) >= 11 is 0. The van der Waals surface area contributed by atoms with Gasteiger partial charge in [0.05, 0.1) is 17.6 Å². The van der Waals surface area contributed by atoms with Gasteiger partial charge in [-0.2, -0.15) is 0 Å². The molecule has 0 aliphatic rings. The van der Waals surface area contributed by atoms with E-state index in [1.807, 2.05) is 37.4 Å². The Kier molecular flexibility index (Phi) is 3.65. The molecular weight excluding hydrogens is 278 g/mol. The zero-order valence-corrected chi connectivity index (χ0v) is 12.2. The van der Waals surface area contributed by atoms with Gasteiger partial charge in [0.2, 0.25) is 0 Å². The fourth-order valence-electron chi connectivity index (χ4n) is 2.35. The van der Waals surface area contributed by atoms with Crippen LogP contribution in [-0.2, 0) is 13.6 Å². The number of nitrogens with two attached hydrogens (primary N) is 1. The van der Waals surface area contributed by atoms with Crippen LogP contribution in [0.15, 0.2) is 53.7 Å². The summed E-state index contributed by atoms with van der Waals surface area (Å²) in [6.45, 7) is 0.619. The number of fused-ring (bicyclic) bond motifs is 1. The number of para-hydroxylation sites is 2. The predicted molar refractivity (Wildman–Crippen MR) is 87.0 cm³/mol. The number of aryl methyl sites for hydroxylation is 1. The second-order valence-electron chi connectivity index (χ2n) is 4.99. The second kappa shape index (κ2) is 5.77. The maximum Gasteiger partial charge on any atom is 0.170 e. The molecule has 1 aromatic heterocycles. The van der Waals surface area contributed by atoms with Crippen LogP contribution < -0.4 is 11.1 Å². The largest absolute Gasteiger partial charge is 0.409 e. The van der Waals surface area contributed by atoms with Crippen LogP contribution in [0.3, 0.4) is 0 Å². The molecule has 2 aromatic carbocycles. The number of anilines is 1. The highest BCUT2D eigenvalue weighted by molar-refractivity contribution is 5.97. The van der Waals surface area contributed by atoms with Crippen molar-refractivity contribution in [1.29, 1.82) is 0 Å². The molecule has 0 spiro atoms. The third kappa shape index (κ3) is 2.58. The number of amidine groups is 1. The molecule has 3 aromatic rings. The van der Waals surface area contributed by atoms with Gasteiger partial charge >= 0.3 is 0 Å². The smallest absolute Gasteiger partial charge is 0.170 e. The van der Waals surface area contributed by atoms with E-state index in [0.717, 1.165) is 22.5 Å². The molecular formula is C16H17N5O. The molecule has 3 rings (SSSR count). The molecule has 0 saturated carbocycles. The number of hydrogen-bond donors (Lipinski definition) is 3. The van der Waals surface area contributed by atoms with Crippen molar-refractivity contribution in [3.63, 3.8) is 0 Å². The Morgan fingerprint density at radius 3 is 2.64 bits per heavy atom. The standard InChI is InChI=1S/C16H17N5O/c1-21-14-5-3-2-4-13(14)19-15(21)10-18-12-8-6-11(7-9-12)16(17)20-22/h2-9,18,22H,10H2,1H3,(H2,17,20). The lowest BCUT2D eigenvalue weighted by atomic mass is 10.2. The number of benzene rings is 2. The highest BCUT2D eigenvalue weighted by atomic mass is 16.4. The van der Waals surface area contributed by atoms with Crippen molar-refractivity contribution in [1.82, 2.24) is 9.55 Å². The fraction of sp³-hybridized carbons (Fsp3) is 0.125. The van der Waals surface area contributed by atoms with Crippen LogP contribution in [-0.4, -0.2) is 20.6 Å². The minimum absolute atomic E-state index is 0.0990. The molecule has 4 N–H and O–H groups in total. The highest BCUT2D eigenvalue weighted by Crippen LogP contribution is 2.16. The van der Waals surface area contributed by atoms with E-state index in [1.54, 1.807) is 12.1 Å². The van der Waals surface area contributed by atoms with E-state index in [-0.39, 0.29) is 5.84 Å². The number of rotatable bonds is 4. The van der Waals surface area contributed by atoms with E-state index in [1.165, 1.54) is 0 Å². The summed E-state index contributed by atoms with van der Waals surface area (Å²) in [5.41, 5.74) is 9.26. The molecule has 22 heavy (non-hydrogen) atoms. The first-order valence-corrected chi connectivity index (χ1v) is 6.91. The van der Waals surface area contributed by atoms with Crippen LogP contribution in [0.4, 0.5) is 5.69 Å². The lowest BCUT2D eigenvalue weighted by molar-refractivity contribution is 0.318. The average Bonchev–Trinajstić information content (AvgIpc) is 2.89. The summed E-state index contributed by atoms with van der Waals surface area (Å²) in [5.74, 6) is 1.06. The van der Waals surface area contributed by atoms with E-state index in [2.05, 4.69) is 26.1 Å². The summed E-state index contributed by atoms with van der Waals surface area (Å²) < 4.78 is 2.08. The first kappa shape index (κ1) is 13.9. The molecule has 112 valence electrons. The van der Waals surface area contributed by atoms with Crippen LogP contribution in [0.1, 0.15) is 11.4 Å². The topological polar surface area (TPSA) is 88.5 Å². The van der Waals surface area contributed by atoms with E-state index < -0.39 is 0 Å². The number of aromatic nitrogens is 2. The maximum atomic E-state index is 8.65. The van der Waals surface area contributed by atoms with Crippen molar-refractivity contribution < 1.29 is 5.21 Å². The SMILES string of the molecule is Cn1c(CNc2ccc(C(N)=NO)cc2)nc2ccccc21. The van der Waals surface area contributed by atoms with Gasteiger partial charge in [0, 0.05) is 18.3 Å². The molecule has 0 fully saturated rings. The summed E-state index contributed by atoms with van der Waals surface area (Å²) in [5, 5.41) is 14.9. The minimum Gasteiger partial charge on any atom is -0.409 e. The van der Waals surface area contributed by atoms with Gasteiger partial charge in [-0.15, -0.1) is 0 Å². The fourth-order valence-corrected chi connectivity index (χ4v) is 2.35. The van der Waals surface area contributed by atoms with E-state index >= 15 is 0 Å². The van der Waals surface area contributed by atoms with Crippen LogP contribution in [0.2, 0.25) is 0 Å². The third-order valence-corrected chi connectivity index (χ3v) is 3.62. The molecule has 0 aliphatic heterocycles. The van der Waals surface area contributed by atoms with Crippen molar-refractivity contribution in [3.05, 3.63) is 59.9 Å². The summed E-state index contributed by atoms with van der Waals surface area (Å²) in [7, 11) is 2.01.